The van der Waals surface area contributed by atoms with E-state index in [0.29, 0.717) is 6.61 Å². The minimum absolute atomic E-state index is 0.186. The molecule has 4 fully saturated rings. The first-order valence-electron chi connectivity index (χ1n) is 7.16. The smallest absolute Gasteiger partial charge is 0.189 e. The summed E-state index contributed by atoms with van der Waals surface area (Å²) in [5.74, 6) is -0.439. The Morgan fingerprint density at radius 2 is 1.84 bits per heavy atom. The van der Waals surface area contributed by atoms with E-state index in [-0.39, 0.29) is 12.9 Å². The summed E-state index contributed by atoms with van der Waals surface area (Å²) in [4.78, 5) is 0. The first-order chi connectivity index (χ1) is 9.27. The van der Waals surface area contributed by atoms with Crippen LogP contribution in [0.15, 0.2) is 0 Å². The van der Waals surface area contributed by atoms with Crippen LogP contribution in [0.1, 0.15) is 32.1 Å². The molecule has 1 saturated carbocycles. The summed E-state index contributed by atoms with van der Waals surface area (Å²) in [6, 6.07) is 0. The molecule has 3 aliphatic heterocycles. The zero-order valence-electron chi connectivity index (χ0n) is 10.8. The Labute approximate surface area is 111 Å². The van der Waals surface area contributed by atoms with Crippen molar-refractivity contribution in [3.05, 3.63) is 0 Å². The molecular formula is C13H20O6. The molecule has 6 heteroatoms. The maximum Gasteiger partial charge on any atom is 0.189 e. The zero-order chi connectivity index (χ0) is 12.9. The van der Waals surface area contributed by atoms with Crippen molar-refractivity contribution in [1.29, 1.82) is 0 Å². The van der Waals surface area contributed by atoms with E-state index in [1.54, 1.807) is 0 Å². The minimum atomic E-state index is -0.708. The Bertz CT molecular complexity index is 342. The second-order valence-electron chi connectivity index (χ2n) is 5.81. The van der Waals surface area contributed by atoms with Gasteiger partial charge in [0.1, 0.15) is 24.4 Å². The van der Waals surface area contributed by atoms with E-state index in [0.717, 1.165) is 25.7 Å². The molecule has 108 valence electrons. The van der Waals surface area contributed by atoms with E-state index in [1.807, 2.05) is 0 Å². The molecule has 4 rings (SSSR count). The molecule has 1 aliphatic carbocycles. The van der Waals surface area contributed by atoms with Crippen LogP contribution in [-0.4, -0.2) is 55.0 Å². The van der Waals surface area contributed by atoms with E-state index >= 15 is 0 Å². The third-order valence-corrected chi connectivity index (χ3v) is 4.58. The van der Waals surface area contributed by atoms with Crippen molar-refractivity contribution in [1.82, 2.24) is 0 Å². The number of fused-ring (bicyclic) bond motifs is 1. The lowest BCUT2D eigenvalue weighted by Crippen LogP contribution is -2.42. The quantitative estimate of drug-likeness (QED) is 0.750. The first-order valence-corrected chi connectivity index (χ1v) is 7.16. The number of ether oxygens (including phenoxy) is 5. The van der Waals surface area contributed by atoms with Gasteiger partial charge in [-0.3, -0.25) is 0 Å². The van der Waals surface area contributed by atoms with Crippen molar-refractivity contribution in [2.45, 2.75) is 68.6 Å². The Morgan fingerprint density at radius 1 is 1.00 bits per heavy atom. The fourth-order valence-electron chi connectivity index (χ4n) is 3.56. The summed E-state index contributed by atoms with van der Waals surface area (Å²) in [7, 11) is 0. The van der Waals surface area contributed by atoms with Crippen molar-refractivity contribution in [3.8, 4) is 0 Å². The summed E-state index contributed by atoms with van der Waals surface area (Å²) >= 11 is 0. The number of rotatable bonds is 1. The summed E-state index contributed by atoms with van der Waals surface area (Å²) in [5.41, 5.74) is 0. The largest absolute Gasteiger partial charge is 0.387 e. The molecule has 3 heterocycles. The molecule has 5 unspecified atom stereocenters. The molecule has 4 aliphatic rings. The Kier molecular flexibility index (Phi) is 3.06. The molecule has 5 atom stereocenters. The second kappa shape index (κ2) is 4.65. The van der Waals surface area contributed by atoms with Crippen LogP contribution in [0.3, 0.4) is 0 Å². The van der Waals surface area contributed by atoms with Gasteiger partial charge >= 0.3 is 0 Å². The summed E-state index contributed by atoms with van der Waals surface area (Å²) in [6.07, 6.45) is 3.17. The average molecular weight is 272 g/mol. The third-order valence-electron chi connectivity index (χ3n) is 4.58. The van der Waals surface area contributed by atoms with Crippen LogP contribution >= 0.6 is 0 Å². The lowest BCUT2D eigenvalue weighted by atomic mass is 9.94. The van der Waals surface area contributed by atoms with Gasteiger partial charge in [-0.2, -0.15) is 0 Å². The fraction of sp³-hybridized carbons (Fsp3) is 1.00. The zero-order valence-corrected chi connectivity index (χ0v) is 10.8. The highest BCUT2D eigenvalue weighted by Gasteiger charge is 2.55. The molecule has 0 aromatic heterocycles. The van der Waals surface area contributed by atoms with E-state index in [2.05, 4.69) is 0 Å². The van der Waals surface area contributed by atoms with Crippen LogP contribution in [0.4, 0.5) is 0 Å². The molecule has 19 heavy (non-hydrogen) atoms. The van der Waals surface area contributed by atoms with Gasteiger partial charge in [-0.05, 0) is 12.8 Å². The maximum atomic E-state index is 10.2. The maximum absolute atomic E-state index is 10.2. The molecule has 0 amide bonds. The summed E-state index contributed by atoms with van der Waals surface area (Å²) < 4.78 is 28.3. The standard InChI is InChI=1S/C13H20O6/c14-9-10(18-12-11(9)15-7-16-12)8-6-17-13(19-8)4-2-1-3-5-13/h8-12,14H,1-7H2. The Morgan fingerprint density at radius 3 is 2.63 bits per heavy atom. The summed E-state index contributed by atoms with van der Waals surface area (Å²) in [5, 5.41) is 10.2. The van der Waals surface area contributed by atoms with Crippen molar-refractivity contribution in [3.63, 3.8) is 0 Å². The molecule has 0 aromatic rings. The van der Waals surface area contributed by atoms with Crippen LogP contribution in [0.2, 0.25) is 0 Å². The number of aliphatic hydroxyl groups excluding tert-OH is 1. The number of aliphatic hydroxyl groups is 1. The van der Waals surface area contributed by atoms with Gasteiger partial charge in [0.05, 0.1) is 6.61 Å². The highest BCUT2D eigenvalue weighted by Crippen LogP contribution is 2.41. The molecule has 0 aromatic carbocycles. The van der Waals surface area contributed by atoms with Gasteiger partial charge in [0.15, 0.2) is 18.9 Å². The predicted molar refractivity (Wildman–Crippen MR) is 62.1 cm³/mol. The molecule has 3 saturated heterocycles. The molecule has 1 N–H and O–H groups in total. The third kappa shape index (κ3) is 2.02. The van der Waals surface area contributed by atoms with E-state index in [4.69, 9.17) is 23.7 Å². The number of hydrogen-bond donors (Lipinski definition) is 1. The van der Waals surface area contributed by atoms with Crippen molar-refractivity contribution in [2.75, 3.05) is 13.4 Å². The topological polar surface area (TPSA) is 66.4 Å². The summed E-state index contributed by atoms with van der Waals surface area (Å²) in [6.45, 7) is 0.659. The molecule has 0 radical (unpaired) electrons. The van der Waals surface area contributed by atoms with Crippen LogP contribution < -0.4 is 0 Å². The SMILES string of the molecule is OC1C(C2COC3(CCCCC3)O2)OC2OCOC21. The van der Waals surface area contributed by atoms with E-state index in [1.165, 1.54) is 6.42 Å². The van der Waals surface area contributed by atoms with Crippen molar-refractivity contribution < 1.29 is 28.8 Å². The molecule has 1 spiro atoms. The normalized spacial score (nSPS) is 48.8. The van der Waals surface area contributed by atoms with Crippen molar-refractivity contribution in [2.24, 2.45) is 0 Å². The van der Waals surface area contributed by atoms with E-state index < -0.39 is 30.4 Å². The monoisotopic (exact) mass is 272 g/mol. The Balaban J connectivity index is 1.44. The van der Waals surface area contributed by atoms with Gasteiger partial charge in [-0.1, -0.05) is 6.42 Å². The predicted octanol–water partition coefficient (Wildman–Crippen LogP) is 0.521. The van der Waals surface area contributed by atoms with Gasteiger partial charge in [0, 0.05) is 12.8 Å². The fourth-order valence-corrected chi connectivity index (χ4v) is 3.56. The second-order valence-corrected chi connectivity index (χ2v) is 5.81. The Hall–Kier alpha value is -0.240. The van der Waals surface area contributed by atoms with Crippen molar-refractivity contribution >= 4 is 0 Å². The average Bonchev–Trinajstić information content (AvgIpc) is 3.09. The first kappa shape index (κ1) is 12.5. The van der Waals surface area contributed by atoms with E-state index in [9.17, 15) is 5.11 Å². The highest BCUT2D eigenvalue weighted by molar-refractivity contribution is 4.96. The molecule has 6 nitrogen and oxygen atoms in total. The van der Waals surface area contributed by atoms with Crippen LogP contribution in [-0.2, 0) is 23.7 Å². The lowest BCUT2D eigenvalue weighted by molar-refractivity contribution is -0.211. The molecule has 0 bridgehead atoms. The molecular weight excluding hydrogens is 252 g/mol. The van der Waals surface area contributed by atoms with Gasteiger partial charge in [-0.25, -0.2) is 0 Å². The van der Waals surface area contributed by atoms with Crippen LogP contribution in [0, 0.1) is 0 Å². The van der Waals surface area contributed by atoms with Gasteiger partial charge in [0.2, 0.25) is 0 Å². The number of hydrogen-bond acceptors (Lipinski definition) is 6. The van der Waals surface area contributed by atoms with Gasteiger partial charge in [-0.15, -0.1) is 0 Å². The highest BCUT2D eigenvalue weighted by atomic mass is 16.8. The van der Waals surface area contributed by atoms with Gasteiger partial charge < -0.3 is 28.8 Å². The lowest BCUT2D eigenvalue weighted by Gasteiger charge is -2.32. The van der Waals surface area contributed by atoms with Gasteiger partial charge in [0.25, 0.3) is 0 Å². The van der Waals surface area contributed by atoms with Crippen LogP contribution in [0.5, 0.6) is 0 Å². The minimum Gasteiger partial charge on any atom is -0.387 e. The van der Waals surface area contributed by atoms with Crippen LogP contribution in [0.25, 0.3) is 0 Å².